The second-order valence-corrected chi connectivity index (χ2v) is 8.84. The summed E-state index contributed by atoms with van der Waals surface area (Å²) in [6.45, 7) is -0.429. The predicted octanol–water partition coefficient (Wildman–Crippen LogP) is 4.60. The molecule has 13 heteroatoms. The molecule has 4 rings (SSSR count). The molecule has 0 unspecified atom stereocenters. The van der Waals surface area contributed by atoms with E-state index in [1.54, 1.807) is 30.3 Å². The van der Waals surface area contributed by atoms with Crippen molar-refractivity contribution in [2.75, 3.05) is 13.4 Å². The number of fused-ring (bicyclic) bond motifs is 1. The SMILES string of the molecule is O=C(COc1ccccc1[N+](=O)[O-])N/N=C/c1cc(Br)cc(Br)c1OC(=O)c1ccc2c(c1)OCO2. The smallest absolute Gasteiger partial charge is 0.343 e. The van der Waals surface area contributed by atoms with Crippen LogP contribution in [-0.2, 0) is 4.79 Å². The van der Waals surface area contributed by atoms with Gasteiger partial charge in [0.1, 0.15) is 0 Å². The number of carbonyl (C=O) groups excluding carboxylic acids is 2. The number of rotatable bonds is 8. The summed E-state index contributed by atoms with van der Waals surface area (Å²) >= 11 is 6.72. The van der Waals surface area contributed by atoms with Crippen molar-refractivity contribution >= 4 is 55.6 Å². The Labute approximate surface area is 220 Å². The summed E-state index contributed by atoms with van der Waals surface area (Å²) in [5.41, 5.74) is 2.61. The van der Waals surface area contributed by atoms with Crippen LogP contribution >= 0.6 is 31.9 Å². The minimum Gasteiger partial charge on any atom is -0.477 e. The van der Waals surface area contributed by atoms with E-state index in [1.165, 1.54) is 30.5 Å². The number of nitrogens with one attached hydrogen (secondary N) is 1. The van der Waals surface area contributed by atoms with Crippen molar-refractivity contribution in [3.05, 3.63) is 84.8 Å². The van der Waals surface area contributed by atoms with Gasteiger partial charge >= 0.3 is 11.7 Å². The number of hydrazone groups is 1. The Kier molecular flexibility index (Phi) is 7.80. The van der Waals surface area contributed by atoms with Crippen LogP contribution in [0.5, 0.6) is 23.0 Å². The summed E-state index contributed by atoms with van der Waals surface area (Å²) in [4.78, 5) is 35.3. The number of benzene rings is 3. The zero-order chi connectivity index (χ0) is 25.7. The number of ether oxygens (including phenoxy) is 4. The molecule has 11 nitrogen and oxygen atoms in total. The van der Waals surface area contributed by atoms with E-state index in [-0.39, 0.29) is 29.5 Å². The van der Waals surface area contributed by atoms with Gasteiger partial charge in [-0.15, -0.1) is 0 Å². The van der Waals surface area contributed by atoms with E-state index < -0.39 is 23.4 Å². The van der Waals surface area contributed by atoms with E-state index in [9.17, 15) is 19.7 Å². The summed E-state index contributed by atoms with van der Waals surface area (Å²) in [6.07, 6.45) is 1.28. The van der Waals surface area contributed by atoms with Crippen molar-refractivity contribution in [2.45, 2.75) is 0 Å². The summed E-state index contributed by atoms with van der Waals surface area (Å²) in [7, 11) is 0. The van der Waals surface area contributed by atoms with Gasteiger partial charge in [-0.25, -0.2) is 10.2 Å². The van der Waals surface area contributed by atoms with Crippen LogP contribution in [-0.4, -0.2) is 36.4 Å². The molecule has 184 valence electrons. The molecule has 1 N–H and O–H groups in total. The summed E-state index contributed by atoms with van der Waals surface area (Å²) in [5, 5.41) is 14.9. The third-order valence-corrected chi connectivity index (χ3v) is 5.70. The molecular formula is C23H15Br2N3O8. The van der Waals surface area contributed by atoms with Crippen LogP contribution in [0, 0.1) is 10.1 Å². The lowest BCUT2D eigenvalue weighted by molar-refractivity contribution is -0.385. The maximum absolute atomic E-state index is 12.8. The van der Waals surface area contributed by atoms with Crippen molar-refractivity contribution in [2.24, 2.45) is 5.10 Å². The number of nitro benzene ring substituents is 1. The van der Waals surface area contributed by atoms with Crippen LogP contribution in [0.2, 0.25) is 0 Å². The van der Waals surface area contributed by atoms with Gasteiger partial charge in [0, 0.05) is 16.1 Å². The Morgan fingerprint density at radius 3 is 2.69 bits per heavy atom. The van der Waals surface area contributed by atoms with Crippen molar-refractivity contribution in [3.63, 3.8) is 0 Å². The maximum atomic E-state index is 12.8. The number of nitrogens with zero attached hydrogens (tertiary/aromatic N) is 2. The van der Waals surface area contributed by atoms with Crippen LogP contribution in [0.15, 0.2) is 68.6 Å². The van der Waals surface area contributed by atoms with Gasteiger partial charge in [-0.2, -0.15) is 5.10 Å². The summed E-state index contributed by atoms with van der Waals surface area (Å²) in [5.74, 6) is -0.215. The monoisotopic (exact) mass is 619 g/mol. The molecule has 1 heterocycles. The molecular weight excluding hydrogens is 606 g/mol. The Bertz CT molecular complexity index is 1380. The average molecular weight is 621 g/mol. The third-order valence-electron chi connectivity index (χ3n) is 4.65. The van der Waals surface area contributed by atoms with Crippen LogP contribution < -0.4 is 24.4 Å². The number of carbonyl (C=O) groups is 2. The minimum absolute atomic E-state index is 0.0460. The number of nitro groups is 1. The number of para-hydroxylation sites is 2. The maximum Gasteiger partial charge on any atom is 0.343 e. The lowest BCUT2D eigenvalue weighted by atomic mass is 10.2. The summed E-state index contributed by atoms with van der Waals surface area (Å²) < 4.78 is 22.5. The zero-order valence-corrected chi connectivity index (χ0v) is 21.3. The molecule has 0 saturated heterocycles. The van der Waals surface area contributed by atoms with Gasteiger partial charge in [-0.1, -0.05) is 28.1 Å². The molecule has 1 aliphatic heterocycles. The highest BCUT2D eigenvalue weighted by Crippen LogP contribution is 2.35. The fraction of sp³-hybridized carbons (Fsp3) is 0.0870. The molecule has 0 spiro atoms. The molecule has 36 heavy (non-hydrogen) atoms. The molecule has 0 aromatic heterocycles. The first-order valence-electron chi connectivity index (χ1n) is 10.1. The molecule has 0 radical (unpaired) electrons. The van der Waals surface area contributed by atoms with Crippen LogP contribution in [0.3, 0.4) is 0 Å². The second-order valence-electron chi connectivity index (χ2n) is 7.07. The highest BCUT2D eigenvalue weighted by molar-refractivity contribution is 9.11. The van der Waals surface area contributed by atoms with Gasteiger partial charge in [0.25, 0.3) is 5.91 Å². The number of esters is 1. The Morgan fingerprint density at radius 2 is 1.89 bits per heavy atom. The first kappa shape index (κ1) is 25.1. The average Bonchev–Trinajstić information content (AvgIpc) is 3.32. The highest BCUT2D eigenvalue weighted by Gasteiger charge is 2.20. The molecule has 0 aliphatic carbocycles. The third kappa shape index (κ3) is 5.98. The standard InChI is InChI=1S/C23H15Br2N3O8/c24-15-7-14(10-26-27-21(29)11-33-18-4-2-1-3-17(18)28(31)32)22(16(25)9-15)36-23(30)13-5-6-19-20(8-13)35-12-34-19/h1-10H,11-12H2,(H,27,29)/b26-10+. The van der Waals surface area contributed by atoms with E-state index in [2.05, 4.69) is 42.4 Å². The molecule has 0 atom stereocenters. The van der Waals surface area contributed by atoms with Crippen molar-refractivity contribution in [1.29, 1.82) is 0 Å². The second kappa shape index (κ2) is 11.2. The van der Waals surface area contributed by atoms with Crippen LogP contribution in [0.25, 0.3) is 0 Å². The zero-order valence-electron chi connectivity index (χ0n) is 18.1. The molecule has 0 saturated carbocycles. The molecule has 3 aromatic carbocycles. The molecule has 1 aliphatic rings. The van der Waals surface area contributed by atoms with Gasteiger partial charge in [0.05, 0.1) is 21.2 Å². The topological polar surface area (TPSA) is 139 Å². The van der Waals surface area contributed by atoms with Gasteiger partial charge in [0.2, 0.25) is 6.79 Å². The van der Waals surface area contributed by atoms with E-state index in [0.29, 0.717) is 26.0 Å². The molecule has 3 aromatic rings. The van der Waals surface area contributed by atoms with Gasteiger partial charge in [-0.3, -0.25) is 14.9 Å². The Hall–Kier alpha value is -3.97. The summed E-state index contributed by atoms with van der Waals surface area (Å²) in [6, 6.07) is 13.7. The van der Waals surface area contributed by atoms with Crippen molar-refractivity contribution in [3.8, 4) is 23.0 Å². The molecule has 0 bridgehead atoms. The van der Waals surface area contributed by atoms with Gasteiger partial charge in [-0.05, 0) is 52.3 Å². The highest BCUT2D eigenvalue weighted by atomic mass is 79.9. The first-order valence-corrected chi connectivity index (χ1v) is 11.7. The van der Waals surface area contributed by atoms with Crippen molar-refractivity contribution < 1.29 is 33.5 Å². The molecule has 0 fully saturated rings. The Morgan fingerprint density at radius 1 is 1.11 bits per heavy atom. The van der Waals surface area contributed by atoms with Crippen LogP contribution in [0.1, 0.15) is 15.9 Å². The quantitative estimate of drug-likeness (QED) is 0.127. The number of amides is 1. The molecule has 1 amide bonds. The predicted molar refractivity (Wildman–Crippen MR) is 134 cm³/mol. The van der Waals surface area contributed by atoms with Crippen LogP contribution in [0.4, 0.5) is 5.69 Å². The number of halogens is 2. The van der Waals surface area contributed by atoms with E-state index in [0.717, 1.165) is 0 Å². The lowest BCUT2D eigenvalue weighted by Gasteiger charge is -2.11. The minimum atomic E-state index is -0.655. The normalized spacial score (nSPS) is 11.8. The van der Waals surface area contributed by atoms with E-state index in [1.807, 2.05) is 0 Å². The number of hydrogen-bond acceptors (Lipinski definition) is 9. The van der Waals surface area contributed by atoms with Gasteiger partial charge in [0.15, 0.2) is 29.6 Å². The Balaban J connectivity index is 1.43. The van der Waals surface area contributed by atoms with Gasteiger partial charge < -0.3 is 18.9 Å². The van der Waals surface area contributed by atoms with E-state index >= 15 is 0 Å². The first-order chi connectivity index (χ1) is 17.3. The fourth-order valence-corrected chi connectivity index (χ4v) is 4.38. The number of hydrogen-bond donors (Lipinski definition) is 1. The largest absolute Gasteiger partial charge is 0.477 e. The fourth-order valence-electron chi connectivity index (χ4n) is 3.04. The van der Waals surface area contributed by atoms with E-state index in [4.69, 9.17) is 18.9 Å². The lowest BCUT2D eigenvalue weighted by Crippen LogP contribution is -2.24. The van der Waals surface area contributed by atoms with Crippen molar-refractivity contribution in [1.82, 2.24) is 5.43 Å².